The lowest BCUT2D eigenvalue weighted by atomic mass is 9.89. The van der Waals surface area contributed by atoms with E-state index >= 15 is 0 Å². The van der Waals surface area contributed by atoms with Gasteiger partial charge >= 0.3 is 0 Å². The smallest absolute Gasteiger partial charge is 0.212 e. The highest BCUT2D eigenvalue weighted by atomic mass is 16.6. The third-order valence-electron chi connectivity index (χ3n) is 5.18. The van der Waals surface area contributed by atoms with Gasteiger partial charge in [-0.15, -0.1) is 0 Å². The number of oxime groups is 1. The van der Waals surface area contributed by atoms with Gasteiger partial charge in [-0.05, 0) is 12.0 Å². The second kappa shape index (κ2) is 7.89. The van der Waals surface area contributed by atoms with Crippen molar-refractivity contribution in [2.45, 2.75) is 26.4 Å². The molecule has 1 aliphatic carbocycles. The average molecular weight is 375 g/mol. The minimum Gasteiger partial charge on any atom is -0.390 e. The largest absolute Gasteiger partial charge is 0.390 e. The van der Waals surface area contributed by atoms with Crippen molar-refractivity contribution in [3.05, 3.63) is 82.7 Å². The fraction of sp³-hybridized carbons (Fsp3) is 0.304. The van der Waals surface area contributed by atoms with Crippen LogP contribution in [0.4, 0.5) is 0 Å². The van der Waals surface area contributed by atoms with Crippen molar-refractivity contribution in [2.75, 3.05) is 20.3 Å². The van der Waals surface area contributed by atoms with Crippen molar-refractivity contribution in [3.63, 3.8) is 0 Å². The van der Waals surface area contributed by atoms with Crippen LogP contribution in [-0.2, 0) is 11.4 Å². The topological polar surface area (TPSA) is 45.1 Å². The third kappa shape index (κ3) is 3.28. The van der Waals surface area contributed by atoms with Gasteiger partial charge in [0.25, 0.3) is 0 Å². The highest BCUT2D eigenvalue weighted by Gasteiger charge is 2.40. The number of hydrogen-bond donors (Lipinski definition) is 0. The molecule has 1 aliphatic heterocycles. The molecule has 0 bridgehead atoms. The number of benzene rings is 2. The molecule has 0 saturated heterocycles. The molecule has 5 nitrogen and oxygen atoms in total. The van der Waals surface area contributed by atoms with E-state index in [1.165, 1.54) is 0 Å². The molecule has 0 atom stereocenters. The van der Waals surface area contributed by atoms with Crippen molar-refractivity contribution in [1.29, 1.82) is 0 Å². The Hall–Kier alpha value is -3.08. The summed E-state index contributed by atoms with van der Waals surface area (Å²) in [6.45, 7) is 4.12. The number of ketones is 1. The monoisotopic (exact) mass is 375 g/mol. The predicted octanol–water partition coefficient (Wildman–Crippen LogP) is 4.02. The van der Waals surface area contributed by atoms with E-state index in [2.05, 4.69) is 21.9 Å². The molecular formula is C23H25N3O2. The fourth-order valence-corrected chi connectivity index (χ4v) is 3.78. The van der Waals surface area contributed by atoms with Crippen LogP contribution < -0.4 is 0 Å². The summed E-state index contributed by atoms with van der Waals surface area (Å²) in [5.74, 6) is 0.0769. The molecule has 0 spiro atoms. The van der Waals surface area contributed by atoms with Gasteiger partial charge in [-0.25, -0.2) is 0 Å². The third-order valence-corrected chi connectivity index (χ3v) is 5.18. The van der Waals surface area contributed by atoms with Gasteiger partial charge < -0.3 is 14.6 Å². The standard InChI is InChI=1S/C23H25N3O2/c1-3-4-14-26-16-25(2)21-20(24-28-15-17-10-6-5-7-11-17)18-12-8-9-13-19(18)23(27)22(21)26/h5-13H,3-4,14-16H2,1-2H3. The molecule has 1 heterocycles. The van der Waals surface area contributed by atoms with E-state index < -0.39 is 0 Å². The summed E-state index contributed by atoms with van der Waals surface area (Å²) in [6, 6.07) is 17.6. The van der Waals surface area contributed by atoms with E-state index in [1.807, 2.05) is 61.6 Å². The van der Waals surface area contributed by atoms with Crippen LogP contribution in [0.3, 0.4) is 0 Å². The van der Waals surface area contributed by atoms with Crippen LogP contribution in [-0.4, -0.2) is 41.6 Å². The number of unbranched alkanes of at least 4 members (excludes halogenated alkanes) is 1. The summed E-state index contributed by atoms with van der Waals surface area (Å²) in [6.07, 6.45) is 2.14. The van der Waals surface area contributed by atoms with E-state index in [1.54, 1.807) is 0 Å². The molecule has 0 saturated carbocycles. The summed E-state index contributed by atoms with van der Waals surface area (Å²) in [5.41, 5.74) is 4.95. The number of allylic oxidation sites excluding steroid dienone is 2. The quantitative estimate of drug-likeness (QED) is 0.716. The number of carbonyl (C=O) groups excluding carboxylic acids is 1. The summed E-state index contributed by atoms with van der Waals surface area (Å²) in [7, 11) is 2.01. The summed E-state index contributed by atoms with van der Waals surface area (Å²) < 4.78 is 0. The number of nitrogens with zero attached hydrogens (tertiary/aromatic N) is 3. The van der Waals surface area contributed by atoms with Gasteiger partial charge in [0, 0.05) is 24.7 Å². The van der Waals surface area contributed by atoms with Crippen LogP contribution in [0, 0.1) is 0 Å². The lowest BCUT2D eigenvalue weighted by Gasteiger charge is -2.23. The number of hydrogen-bond acceptors (Lipinski definition) is 5. The van der Waals surface area contributed by atoms with Crippen molar-refractivity contribution in [3.8, 4) is 0 Å². The summed E-state index contributed by atoms with van der Waals surface area (Å²) >= 11 is 0. The zero-order valence-corrected chi connectivity index (χ0v) is 16.4. The molecule has 5 heteroatoms. The molecule has 4 rings (SSSR count). The Morgan fingerprint density at radius 1 is 1.00 bits per heavy atom. The van der Waals surface area contributed by atoms with Gasteiger partial charge in [0.2, 0.25) is 5.78 Å². The van der Waals surface area contributed by atoms with Crippen LogP contribution in [0.2, 0.25) is 0 Å². The Morgan fingerprint density at radius 3 is 2.46 bits per heavy atom. The van der Waals surface area contributed by atoms with Gasteiger partial charge in [-0.3, -0.25) is 4.79 Å². The second-order valence-corrected chi connectivity index (χ2v) is 7.23. The molecule has 0 unspecified atom stereocenters. The molecule has 28 heavy (non-hydrogen) atoms. The van der Waals surface area contributed by atoms with E-state index in [0.717, 1.165) is 47.6 Å². The van der Waals surface area contributed by atoms with Crippen LogP contribution in [0.25, 0.3) is 0 Å². The molecule has 0 aromatic heterocycles. The van der Waals surface area contributed by atoms with Crippen LogP contribution in [0.5, 0.6) is 0 Å². The van der Waals surface area contributed by atoms with Crippen molar-refractivity contribution in [2.24, 2.45) is 5.16 Å². The maximum Gasteiger partial charge on any atom is 0.212 e. The molecule has 0 radical (unpaired) electrons. The highest BCUT2D eigenvalue weighted by Crippen LogP contribution is 2.35. The van der Waals surface area contributed by atoms with E-state index in [9.17, 15) is 4.79 Å². The van der Waals surface area contributed by atoms with Crippen molar-refractivity contribution >= 4 is 11.5 Å². The van der Waals surface area contributed by atoms with Gasteiger partial charge in [0.15, 0.2) is 0 Å². The Morgan fingerprint density at radius 2 is 1.71 bits per heavy atom. The first-order valence-electron chi connectivity index (χ1n) is 9.79. The van der Waals surface area contributed by atoms with Gasteiger partial charge in [-0.2, -0.15) is 0 Å². The number of Topliss-reactive ketones (excluding diaryl/α,β-unsaturated/α-hetero) is 1. The lowest BCUT2D eigenvalue weighted by Crippen LogP contribution is -2.29. The second-order valence-electron chi connectivity index (χ2n) is 7.23. The maximum atomic E-state index is 13.2. The van der Waals surface area contributed by atoms with Crippen LogP contribution in [0.1, 0.15) is 41.3 Å². The SMILES string of the molecule is CCCCN1CN(C)C2=C1C(=O)c1ccccc1C2=NOCc1ccccc1. The summed E-state index contributed by atoms with van der Waals surface area (Å²) in [5, 5.41) is 4.50. The molecule has 2 aromatic rings. The Bertz CT molecular complexity index is 934. The molecule has 2 aromatic carbocycles. The number of likely N-dealkylation sites (N-methyl/N-ethyl adjacent to an activating group) is 1. The summed E-state index contributed by atoms with van der Waals surface area (Å²) in [4.78, 5) is 23.2. The zero-order chi connectivity index (χ0) is 19.5. The number of carbonyl (C=O) groups is 1. The minimum atomic E-state index is 0.0769. The maximum absolute atomic E-state index is 13.2. The molecule has 0 amide bonds. The van der Waals surface area contributed by atoms with Crippen LogP contribution >= 0.6 is 0 Å². The lowest BCUT2D eigenvalue weighted by molar-refractivity contribution is 0.0992. The first-order valence-corrected chi connectivity index (χ1v) is 9.79. The van der Waals surface area contributed by atoms with Crippen LogP contribution in [0.15, 0.2) is 71.1 Å². The van der Waals surface area contributed by atoms with E-state index in [0.29, 0.717) is 18.8 Å². The van der Waals surface area contributed by atoms with Gasteiger partial charge in [0.1, 0.15) is 18.0 Å². The fourth-order valence-electron chi connectivity index (χ4n) is 3.78. The van der Waals surface area contributed by atoms with E-state index in [4.69, 9.17) is 4.84 Å². The Labute approximate surface area is 165 Å². The number of fused-ring (bicyclic) bond motifs is 1. The van der Waals surface area contributed by atoms with Crippen molar-refractivity contribution in [1.82, 2.24) is 9.80 Å². The molecule has 0 N–H and O–H groups in total. The van der Waals surface area contributed by atoms with Gasteiger partial charge in [0.05, 0.1) is 12.4 Å². The molecule has 2 aliphatic rings. The number of rotatable bonds is 6. The Balaban J connectivity index is 1.71. The highest BCUT2D eigenvalue weighted by molar-refractivity contribution is 6.28. The molecule has 144 valence electrons. The van der Waals surface area contributed by atoms with Gasteiger partial charge in [-0.1, -0.05) is 73.1 Å². The Kier molecular flexibility index (Phi) is 5.15. The normalized spacial score (nSPS) is 17.2. The van der Waals surface area contributed by atoms with E-state index in [-0.39, 0.29) is 5.78 Å². The van der Waals surface area contributed by atoms with Crippen molar-refractivity contribution < 1.29 is 9.63 Å². The molecular weight excluding hydrogens is 350 g/mol. The zero-order valence-electron chi connectivity index (χ0n) is 16.4. The first kappa shape index (κ1) is 18.3. The first-order chi connectivity index (χ1) is 13.7. The minimum absolute atomic E-state index is 0.0769. The predicted molar refractivity (Wildman–Crippen MR) is 110 cm³/mol. The average Bonchev–Trinajstić information content (AvgIpc) is 3.06. The molecule has 0 fully saturated rings.